The number of halogens is 1. The van der Waals surface area contributed by atoms with Crippen molar-refractivity contribution in [1.82, 2.24) is 0 Å². The van der Waals surface area contributed by atoms with Crippen molar-refractivity contribution in [2.24, 2.45) is 11.8 Å². The summed E-state index contributed by atoms with van der Waals surface area (Å²) in [7, 11) is 0. The van der Waals surface area contributed by atoms with Crippen LogP contribution in [0.2, 0.25) is 0 Å². The Bertz CT molecular complexity index is 1220. The molecule has 4 rings (SSSR count). The van der Waals surface area contributed by atoms with Gasteiger partial charge in [-0.1, -0.05) is 113 Å². The van der Waals surface area contributed by atoms with Crippen LogP contribution in [-0.2, 0) is 12.8 Å². The highest BCUT2D eigenvalue weighted by Crippen LogP contribution is 2.34. The molecule has 0 amide bonds. The van der Waals surface area contributed by atoms with Gasteiger partial charge in [-0.05, 0) is 85.1 Å². The van der Waals surface area contributed by atoms with E-state index in [2.05, 4.69) is 67.8 Å². The second-order valence-electron chi connectivity index (χ2n) is 11.4. The van der Waals surface area contributed by atoms with Crippen molar-refractivity contribution >= 4 is 10.8 Å². The molecule has 3 aromatic rings. The van der Waals surface area contributed by atoms with Gasteiger partial charge in [0.25, 0.3) is 0 Å². The molecule has 0 saturated heterocycles. The Labute approximate surface area is 230 Å². The van der Waals surface area contributed by atoms with Crippen LogP contribution in [0.4, 0.5) is 4.39 Å². The van der Waals surface area contributed by atoms with Crippen molar-refractivity contribution in [1.29, 1.82) is 0 Å². The third-order valence-electron chi connectivity index (χ3n) is 8.47. The van der Waals surface area contributed by atoms with Gasteiger partial charge < -0.3 is 0 Å². The van der Waals surface area contributed by atoms with Gasteiger partial charge >= 0.3 is 0 Å². The second kappa shape index (κ2) is 14.9. The van der Waals surface area contributed by atoms with E-state index in [9.17, 15) is 0 Å². The van der Waals surface area contributed by atoms with Gasteiger partial charge in [-0.2, -0.15) is 0 Å². The van der Waals surface area contributed by atoms with Crippen LogP contribution in [0.5, 0.6) is 0 Å². The fraction of sp³-hybridized carbons (Fsp3) is 0.459. The number of hydrogen-bond acceptors (Lipinski definition) is 0. The molecular weight excluding hydrogens is 463 g/mol. The van der Waals surface area contributed by atoms with E-state index in [0.717, 1.165) is 42.0 Å². The zero-order valence-electron chi connectivity index (χ0n) is 23.4. The third-order valence-corrected chi connectivity index (χ3v) is 8.47. The maximum atomic E-state index is 15.2. The highest BCUT2D eigenvalue weighted by atomic mass is 19.1. The minimum Gasteiger partial charge on any atom is -0.205 e. The van der Waals surface area contributed by atoms with E-state index in [4.69, 9.17) is 0 Å². The first-order valence-corrected chi connectivity index (χ1v) is 15.1. The van der Waals surface area contributed by atoms with Crippen molar-refractivity contribution in [3.8, 4) is 11.8 Å². The molecule has 0 unspecified atom stereocenters. The number of allylic oxidation sites excluding steroid dienone is 1. The molecule has 200 valence electrons. The Morgan fingerprint density at radius 2 is 1.50 bits per heavy atom. The Morgan fingerprint density at radius 3 is 2.24 bits per heavy atom. The van der Waals surface area contributed by atoms with E-state index in [1.54, 1.807) is 0 Å². The molecule has 0 aliphatic heterocycles. The van der Waals surface area contributed by atoms with E-state index >= 15 is 4.39 Å². The van der Waals surface area contributed by atoms with Gasteiger partial charge in [0, 0.05) is 10.9 Å². The molecule has 0 N–H and O–H groups in total. The van der Waals surface area contributed by atoms with Crippen LogP contribution in [0.1, 0.15) is 106 Å². The molecule has 0 aromatic heterocycles. The van der Waals surface area contributed by atoms with Gasteiger partial charge in [-0.15, -0.1) is 6.58 Å². The standard InChI is InChI=1S/C37H45F/c1-3-5-7-8-9-11-33-23-27-36-35(28-33)26-25-34(37(36)38)24-22-32-20-18-31(19-21-32)17-16-30-14-12-29(13-15-30)10-6-4-2/h4,18-21,23,25-30H,2-3,5-17H2,1H3. The van der Waals surface area contributed by atoms with Crippen LogP contribution in [0.3, 0.4) is 0 Å². The monoisotopic (exact) mass is 508 g/mol. The third kappa shape index (κ3) is 8.33. The number of benzene rings is 3. The van der Waals surface area contributed by atoms with E-state index in [-0.39, 0.29) is 5.82 Å². The predicted octanol–water partition coefficient (Wildman–Crippen LogP) is 10.6. The van der Waals surface area contributed by atoms with Gasteiger partial charge in [0.15, 0.2) is 0 Å². The van der Waals surface area contributed by atoms with Crippen LogP contribution < -0.4 is 0 Å². The Balaban J connectivity index is 1.29. The van der Waals surface area contributed by atoms with Crippen LogP contribution >= 0.6 is 0 Å². The molecule has 0 radical (unpaired) electrons. The Hall–Kier alpha value is -2.85. The average Bonchev–Trinajstić information content (AvgIpc) is 2.95. The van der Waals surface area contributed by atoms with E-state index in [1.807, 2.05) is 18.2 Å². The Kier molecular flexibility index (Phi) is 11.1. The molecule has 1 aliphatic carbocycles. The number of hydrogen-bond donors (Lipinski definition) is 0. The lowest BCUT2D eigenvalue weighted by Crippen LogP contribution is -2.15. The number of unbranched alkanes of at least 4 members (excludes halogenated alkanes) is 4. The van der Waals surface area contributed by atoms with Crippen molar-refractivity contribution < 1.29 is 4.39 Å². The molecule has 0 spiro atoms. The zero-order chi connectivity index (χ0) is 26.6. The lowest BCUT2D eigenvalue weighted by molar-refractivity contribution is 0.254. The minimum atomic E-state index is -0.208. The summed E-state index contributed by atoms with van der Waals surface area (Å²) in [5, 5.41) is 1.63. The Morgan fingerprint density at radius 1 is 0.789 bits per heavy atom. The molecular formula is C37H45F. The molecule has 1 aliphatic rings. The van der Waals surface area contributed by atoms with Crippen molar-refractivity contribution in [2.45, 2.75) is 96.8 Å². The minimum absolute atomic E-state index is 0.208. The zero-order valence-corrected chi connectivity index (χ0v) is 23.4. The molecule has 1 saturated carbocycles. The maximum Gasteiger partial charge on any atom is 0.146 e. The number of aryl methyl sites for hydroxylation is 2. The fourth-order valence-corrected chi connectivity index (χ4v) is 5.95. The first kappa shape index (κ1) is 28.2. The van der Waals surface area contributed by atoms with Gasteiger partial charge in [-0.25, -0.2) is 4.39 Å². The maximum absolute atomic E-state index is 15.2. The summed E-state index contributed by atoms with van der Waals surface area (Å²) in [6.07, 6.45) is 19.9. The van der Waals surface area contributed by atoms with Gasteiger partial charge in [0.2, 0.25) is 0 Å². The normalized spacial score (nSPS) is 17.2. The SMILES string of the molecule is C=CCCC1CCC(CCc2ccc(C#Cc3ccc4cc(CCCCCCC)ccc4c3F)cc2)CC1. The van der Waals surface area contributed by atoms with Gasteiger partial charge in [0.1, 0.15) is 5.82 Å². The molecule has 0 nitrogen and oxygen atoms in total. The summed E-state index contributed by atoms with van der Waals surface area (Å²) in [4.78, 5) is 0. The van der Waals surface area contributed by atoms with Crippen molar-refractivity contribution in [3.05, 3.63) is 95.3 Å². The highest BCUT2D eigenvalue weighted by Gasteiger charge is 2.20. The van der Waals surface area contributed by atoms with Crippen LogP contribution in [0.25, 0.3) is 10.8 Å². The lowest BCUT2D eigenvalue weighted by atomic mass is 9.78. The van der Waals surface area contributed by atoms with E-state index in [1.165, 1.54) is 81.8 Å². The number of rotatable bonds is 12. The van der Waals surface area contributed by atoms with E-state index < -0.39 is 0 Å². The van der Waals surface area contributed by atoms with Crippen LogP contribution in [0.15, 0.2) is 67.3 Å². The van der Waals surface area contributed by atoms with Crippen molar-refractivity contribution in [2.75, 3.05) is 0 Å². The molecule has 3 aromatic carbocycles. The largest absolute Gasteiger partial charge is 0.205 e. The first-order valence-electron chi connectivity index (χ1n) is 15.1. The molecule has 38 heavy (non-hydrogen) atoms. The molecule has 1 fully saturated rings. The second-order valence-corrected chi connectivity index (χ2v) is 11.4. The highest BCUT2D eigenvalue weighted by molar-refractivity contribution is 5.85. The summed E-state index contributed by atoms with van der Waals surface area (Å²) < 4.78 is 15.2. The van der Waals surface area contributed by atoms with Gasteiger partial charge in [-0.3, -0.25) is 0 Å². The number of fused-ring (bicyclic) bond motifs is 1. The molecule has 1 heteroatoms. The predicted molar refractivity (Wildman–Crippen MR) is 162 cm³/mol. The summed E-state index contributed by atoms with van der Waals surface area (Å²) in [5.41, 5.74) is 4.08. The molecule has 0 heterocycles. The summed E-state index contributed by atoms with van der Waals surface area (Å²) in [6, 6.07) is 18.6. The summed E-state index contributed by atoms with van der Waals surface area (Å²) in [6.45, 7) is 6.10. The first-order chi connectivity index (χ1) is 18.7. The quantitative estimate of drug-likeness (QED) is 0.130. The fourth-order valence-electron chi connectivity index (χ4n) is 5.95. The smallest absolute Gasteiger partial charge is 0.146 e. The molecule has 0 bridgehead atoms. The lowest BCUT2D eigenvalue weighted by Gasteiger charge is -2.28. The average molecular weight is 509 g/mol. The van der Waals surface area contributed by atoms with Crippen molar-refractivity contribution in [3.63, 3.8) is 0 Å². The van der Waals surface area contributed by atoms with Gasteiger partial charge in [0.05, 0.1) is 5.56 Å². The van der Waals surface area contributed by atoms with E-state index in [0.29, 0.717) is 10.9 Å². The van der Waals surface area contributed by atoms with Crippen LogP contribution in [-0.4, -0.2) is 0 Å². The van der Waals surface area contributed by atoms with Crippen LogP contribution in [0, 0.1) is 29.5 Å². The molecule has 0 atom stereocenters. The summed E-state index contributed by atoms with van der Waals surface area (Å²) >= 11 is 0. The summed E-state index contributed by atoms with van der Waals surface area (Å²) in [5.74, 6) is 7.83. The topological polar surface area (TPSA) is 0 Å².